The molecule has 0 saturated carbocycles. The second-order valence-electron chi connectivity index (χ2n) is 4.94. The first-order chi connectivity index (χ1) is 10.9. The van der Waals surface area contributed by atoms with Gasteiger partial charge in [-0.25, -0.2) is 9.18 Å². The van der Waals surface area contributed by atoms with E-state index < -0.39 is 28.8 Å². The van der Waals surface area contributed by atoms with Crippen LogP contribution in [0.15, 0.2) is 23.1 Å². The molecule has 1 aromatic rings. The predicted octanol–water partition coefficient (Wildman–Crippen LogP) is 0.387. The lowest BCUT2D eigenvalue weighted by atomic mass is 10.2. The number of nitrogens with one attached hydrogen (secondary N) is 1. The van der Waals surface area contributed by atoms with Crippen LogP contribution in [0.25, 0.3) is 0 Å². The van der Waals surface area contributed by atoms with Crippen LogP contribution in [-0.4, -0.2) is 52.9 Å². The van der Waals surface area contributed by atoms with Crippen LogP contribution in [0.1, 0.15) is 6.92 Å². The zero-order valence-corrected chi connectivity index (χ0v) is 13.3. The smallest absolute Gasteiger partial charge is 0.414 e. The average molecular weight is 344 g/mol. The molecule has 0 bridgehead atoms. The first kappa shape index (κ1) is 17.4. The number of benzene rings is 1. The minimum Gasteiger partial charge on any atom is -0.442 e. The van der Waals surface area contributed by atoms with Crippen LogP contribution in [-0.2, 0) is 20.3 Å². The fourth-order valence-electron chi connectivity index (χ4n) is 2.13. The second kappa shape index (κ2) is 7.51. The molecule has 1 heterocycles. The molecule has 126 valence electrons. The number of amides is 2. The number of anilines is 1. The Morgan fingerprint density at radius 3 is 2.91 bits per heavy atom. The molecule has 1 aliphatic heterocycles. The summed E-state index contributed by atoms with van der Waals surface area (Å²) in [4.78, 5) is 23.9. The SMILES string of the molecule is CC(=O)NC[C@H]1CN(c2ccc(S(=O)CCO)c(F)c2)C(=O)O1. The summed E-state index contributed by atoms with van der Waals surface area (Å²) in [5.41, 5.74) is 0.280. The Kier molecular flexibility index (Phi) is 5.67. The third-order valence-corrected chi connectivity index (χ3v) is 4.58. The lowest BCUT2D eigenvalue weighted by molar-refractivity contribution is -0.119. The van der Waals surface area contributed by atoms with Crippen molar-refractivity contribution in [3.63, 3.8) is 0 Å². The molecule has 1 saturated heterocycles. The van der Waals surface area contributed by atoms with Gasteiger partial charge in [-0.3, -0.25) is 13.9 Å². The van der Waals surface area contributed by atoms with Crippen molar-refractivity contribution in [3.05, 3.63) is 24.0 Å². The van der Waals surface area contributed by atoms with E-state index in [9.17, 15) is 18.2 Å². The molecule has 1 aromatic carbocycles. The van der Waals surface area contributed by atoms with Crippen molar-refractivity contribution in [1.29, 1.82) is 0 Å². The number of ether oxygens (including phenoxy) is 1. The van der Waals surface area contributed by atoms with Gasteiger partial charge in [-0.2, -0.15) is 0 Å². The van der Waals surface area contributed by atoms with Crippen molar-refractivity contribution in [2.45, 2.75) is 17.9 Å². The predicted molar refractivity (Wildman–Crippen MR) is 81.1 cm³/mol. The number of nitrogens with zero attached hydrogens (tertiary/aromatic N) is 1. The van der Waals surface area contributed by atoms with E-state index in [1.807, 2.05) is 0 Å². The summed E-state index contributed by atoms with van der Waals surface area (Å²) in [7, 11) is -1.64. The van der Waals surface area contributed by atoms with Crippen LogP contribution in [0.5, 0.6) is 0 Å². The molecule has 2 N–H and O–H groups in total. The molecule has 0 radical (unpaired) electrons. The van der Waals surface area contributed by atoms with Gasteiger partial charge >= 0.3 is 6.09 Å². The van der Waals surface area contributed by atoms with E-state index in [1.54, 1.807) is 0 Å². The van der Waals surface area contributed by atoms with Crippen molar-refractivity contribution in [2.24, 2.45) is 0 Å². The van der Waals surface area contributed by atoms with Crippen molar-refractivity contribution >= 4 is 28.5 Å². The zero-order chi connectivity index (χ0) is 17.0. The number of carbonyl (C=O) groups excluding carboxylic acids is 2. The molecular weight excluding hydrogens is 327 g/mol. The van der Waals surface area contributed by atoms with E-state index >= 15 is 0 Å². The van der Waals surface area contributed by atoms with E-state index in [1.165, 1.54) is 24.0 Å². The first-order valence-corrected chi connectivity index (χ1v) is 8.25. The van der Waals surface area contributed by atoms with E-state index in [0.29, 0.717) is 0 Å². The number of rotatable bonds is 6. The maximum absolute atomic E-state index is 14.0. The topological polar surface area (TPSA) is 95.9 Å². The highest BCUT2D eigenvalue weighted by Crippen LogP contribution is 2.25. The van der Waals surface area contributed by atoms with Crippen LogP contribution in [0.4, 0.5) is 14.9 Å². The molecule has 1 unspecified atom stereocenters. The van der Waals surface area contributed by atoms with E-state index in [4.69, 9.17) is 9.84 Å². The van der Waals surface area contributed by atoms with Crippen LogP contribution < -0.4 is 10.2 Å². The highest BCUT2D eigenvalue weighted by Gasteiger charge is 2.32. The molecule has 9 heteroatoms. The molecule has 7 nitrogen and oxygen atoms in total. The van der Waals surface area contributed by atoms with Gasteiger partial charge in [0.1, 0.15) is 11.9 Å². The van der Waals surface area contributed by atoms with Gasteiger partial charge in [0.25, 0.3) is 0 Å². The number of aliphatic hydroxyl groups is 1. The third-order valence-electron chi connectivity index (χ3n) is 3.20. The monoisotopic (exact) mass is 344 g/mol. The quantitative estimate of drug-likeness (QED) is 0.778. The normalized spacial score (nSPS) is 18.7. The Bertz CT molecular complexity index is 640. The maximum atomic E-state index is 14.0. The number of hydrogen-bond donors (Lipinski definition) is 2. The van der Waals surface area contributed by atoms with Gasteiger partial charge < -0.3 is 15.2 Å². The summed E-state index contributed by atoms with van der Waals surface area (Å²) in [6.45, 7) is 1.41. The fraction of sp³-hybridized carbons (Fsp3) is 0.429. The summed E-state index contributed by atoms with van der Waals surface area (Å²) in [5.74, 6) is -1.01. The number of hydrogen-bond acceptors (Lipinski definition) is 5. The van der Waals surface area contributed by atoms with Crippen molar-refractivity contribution < 1.29 is 28.0 Å². The summed E-state index contributed by atoms with van der Waals surface area (Å²) in [6.07, 6.45) is -1.15. The Labute approximate surface area is 134 Å². The summed E-state index contributed by atoms with van der Waals surface area (Å²) >= 11 is 0. The third kappa shape index (κ3) is 4.26. The molecule has 0 aromatic heterocycles. The van der Waals surface area contributed by atoms with Gasteiger partial charge in [-0.05, 0) is 18.2 Å². The Morgan fingerprint density at radius 2 is 2.30 bits per heavy atom. The van der Waals surface area contributed by atoms with Crippen LogP contribution in [0.2, 0.25) is 0 Å². The molecule has 1 fully saturated rings. The Balaban J connectivity index is 2.10. The van der Waals surface area contributed by atoms with Gasteiger partial charge in [-0.15, -0.1) is 0 Å². The van der Waals surface area contributed by atoms with Gasteiger partial charge in [0.05, 0.1) is 46.8 Å². The minimum absolute atomic E-state index is 0.0230. The highest BCUT2D eigenvalue weighted by atomic mass is 32.2. The van der Waals surface area contributed by atoms with Crippen molar-refractivity contribution in [3.8, 4) is 0 Å². The summed E-state index contributed by atoms with van der Waals surface area (Å²) < 4.78 is 30.9. The fourth-order valence-corrected chi connectivity index (χ4v) is 3.01. The van der Waals surface area contributed by atoms with Crippen LogP contribution >= 0.6 is 0 Å². The number of carbonyl (C=O) groups is 2. The van der Waals surface area contributed by atoms with E-state index in [0.717, 1.165) is 6.07 Å². The molecule has 2 rings (SSSR count). The lowest BCUT2D eigenvalue weighted by Gasteiger charge is -2.14. The van der Waals surface area contributed by atoms with Gasteiger partial charge in [0.2, 0.25) is 5.91 Å². The lowest BCUT2D eigenvalue weighted by Crippen LogP contribution is -2.33. The minimum atomic E-state index is -1.64. The standard InChI is InChI=1S/C14H17FN2O5S/c1-9(19)16-7-11-8-17(14(20)22-11)10-2-3-13(12(15)6-10)23(21)5-4-18/h2-3,6,11,18H,4-5,7-8H2,1H3,(H,16,19)/t11-,23?/m0/s1. The average Bonchev–Trinajstić information content (AvgIpc) is 2.86. The second-order valence-corrected chi connectivity index (χ2v) is 6.48. The van der Waals surface area contributed by atoms with Gasteiger partial charge in [0, 0.05) is 6.92 Å². The molecular formula is C14H17FN2O5S. The van der Waals surface area contributed by atoms with Crippen molar-refractivity contribution in [2.75, 3.05) is 30.3 Å². The summed E-state index contributed by atoms with van der Waals surface area (Å²) in [6, 6.07) is 3.90. The largest absolute Gasteiger partial charge is 0.442 e. The van der Waals surface area contributed by atoms with E-state index in [2.05, 4.69) is 5.32 Å². The Hall–Kier alpha value is -2.00. The molecule has 2 amide bonds. The number of cyclic esters (lactones) is 1. The van der Waals surface area contributed by atoms with Crippen LogP contribution in [0.3, 0.4) is 0 Å². The van der Waals surface area contributed by atoms with Gasteiger partial charge in [0.15, 0.2) is 0 Å². The molecule has 1 aliphatic rings. The molecule has 0 aliphatic carbocycles. The summed E-state index contributed by atoms with van der Waals surface area (Å²) in [5, 5.41) is 11.3. The molecule has 0 spiro atoms. The number of aliphatic hydroxyl groups excluding tert-OH is 1. The molecule has 2 atom stereocenters. The van der Waals surface area contributed by atoms with Gasteiger partial charge in [-0.1, -0.05) is 0 Å². The first-order valence-electron chi connectivity index (χ1n) is 6.93. The van der Waals surface area contributed by atoms with Crippen molar-refractivity contribution in [1.82, 2.24) is 5.32 Å². The Morgan fingerprint density at radius 1 is 1.57 bits per heavy atom. The van der Waals surface area contributed by atoms with E-state index in [-0.39, 0.29) is 41.9 Å². The molecule has 23 heavy (non-hydrogen) atoms. The highest BCUT2D eigenvalue weighted by molar-refractivity contribution is 7.85. The zero-order valence-electron chi connectivity index (χ0n) is 12.5. The van der Waals surface area contributed by atoms with Crippen LogP contribution in [0, 0.1) is 5.82 Å². The number of halogens is 1. The maximum Gasteiger partial charge on any atom is 0.414 e.